The molecule has 0 radical (unpaired) electrons. The molecule has 1 saturated heterocycles. The molecule has 1 N–H and O–H groups in total. The Kier molecular flexibility index (Phi) is 6.80. The maximum Gasteiger partial charge on any atom is 0.292 e. The number of amides is 1. The lowest BCUT2D eigenvalue weighted by atomic mass is 10.2. The van der Waals surface area contributed by atoms with Gasteiger partial charge in [0.25, 0.3) is 5.91 Å². The molecule has 2 aromatic rings. The van der Waals surface area contributed by atoms with Crippen molar-refractivity contribution in [3.05, 3.63) is 36.2 Å². The molecular weight excluding hydrogens is 327 g/mol. The fourth-order valence-electron chi connectivity index (χ4n) is 2.30. The monoisotopic (exact) mass is 344 g/mol. The maximum atomic E-state index is 12.4. The van der Waals surface area contributed by atoms with Gasteiger partial charge in [-0.05, 0) is 19.1 Å². The van der Waals surface area contributed by atoms with Gasteiger partial charge in [0.2, 0.25) is 5.76 Å². The van der Waals surface area contributed by atoms with Gasteiger partial charge in [-0.3, -0.25) is 9.78 Å². The normalized spacial score (nSPS) is 17.3. The highest BCUT2D eigenvalue weighted by atomic mass is 35.5. The van der Waals surface area contributed by atoms with E-state index >= 15 is 0 Å². The van der Waals surface area contributed by atoms with Crippen LogP contribution in [0.3, 0.4) is 0 Å². The number of hydrogen-bond donors (Lipinski definition) is 1. The van der Waals surface area contributed by atoms with Crippen LogP contribution in [0, 0.1) is 0 Å². The number of nitrogens with one attached hydrogen (secondary N) is 1. The second-order valence-electron chi connectivity index (χ2n) is 4.84. The topological polar surface area (TPSA) is 71.3 Å². The zero-order valence-electron chi connectivity index (χ0n) is 12.1. The highest BCUT2D eigenvalue weighted by molar-refractivity contribution is 5.92. The molecule has 6 nitrogen and oxygen atoms in total. The van der Waals surface area contributed by atoms with Crippen LogP contribution in [0.4, 0.5) is 0 Å². The third-order valence-electron chi connectivity index (χ3n) is 3.41. The van der Waals surface area contributed by atoms with Crippen LogP contribution in [0.15, 0.2) is 35.0 Å². The lowest BCUT2D eigenvalue weighted by Gasteiger charge is -2.33. The minimum atomic E-state index is -0.117. The van der Waals surface area contributed by atoms with Gasteiger partial charge in [-0.25, -0.2) is 0 Å². The molecule has 22 heavy (non-hydrogen) atoms. The SMILES string of the molecule is C[C@H]1CNCCN1C(=O)c1cc(-c2ccccn2)no1.Cl.Cl. The van der Waals surface area contributed by atoms with Crippen molar-refractivity contribution in [2.45, 2.75) is 13.0 Å². The standard InChI is InChI=1S/C14H16N4O2.2ClH/c1-10-9-15-6-7-18(10)14(19)13-8-12(17-20-13)11-4-2-3-5-16-11;;/h2-5,8,10,15H,6-7,9H2,1H3;2*1H/t10-;;/m0../s1. The number of nitrogens with zero attached hydrogens (tertiary/aromatic N) is 3. The number of carbonyl (C=O) groups excluding carboxylic acids is 1. The molecule has 3 heterocycles. The molecule has 0 aliphatic carbocycles. The molecule has 0 bridgehead atoms. The molecule has 0 unspecified atom stereocenters. The quantitative estimate of drug-likeness (QED) is 0.902. The van der Waals surface area contributed by atoms with E-state index in [1.165, 1.54) is 0 Å². The summed E-state index contributed by atoms with van der Waals surface area (Å²) in [5.74, 6) is 0.146. The smallest absolute Gasteiger partial charge is 0.292 e. The Morgan fingerprint density at radius 2 is 2.18 bits per heavy atom. The minimum Gasteiger partial charge on any atom is -0.350 e. The summed E-state index contributed by atoms with van der Waals surface area (Å²) in [5, 5.41) is 7.18. The molecule has 1 amide bonds. The Balaban J connectivity index is 0.00000121. The molecule has 0 spiro atoms. The highest BCUT2D eigenvalue weighted by Crippen LogP contribution is 2.18. The van der Waals surface area contributed by atoms with Gasteiger partial charge < -0.3 is 14.7 Å². The lowest BCUT2D eigenvalue weighted by Crippen LogP contribution is -2.52. The third-order valence-corrected chi connectivity index (χ3v) is 3.41. The van der Waals surface area contributed by atoms with Gasteiger partial charge in [0.05, 0.1) is 5.69 Å². The molecule has 2 aromatic heterocycles. The maximum absolute atomic E-state index is 12.4. The summed E-state index contributed by atoms with van der Waals surface area (Å²) in [4.78, 5) is 18.4. The highest BCUT2D eigenvalue weighted by Gasteiger charge is 2.27. The van der Waals surface area contributed by atoms with E-state index in [0.29, 0.717) is 17.9 Å². The van der Waals surface area contributed by atoms with Crippen LogP contribution < -0.4 is 5.32 Å². The summed E-state index contributed by atoms with van der Waals surface area (Å²) in [6.07, 6.45) is 1.68. The summed E-state index contributed by atoms with van der Waals surface area (Å²) in [7, 11) is 0. The Bertz CT molecular complexity index is 606. The summed E-state index contributed by atoms with van der Waals surface area (Å²) in [6, 6.07) is 7.34. The Labute approximate surface area is 141 Å². The Hall–Kier alpha value is -1.63. The van der Waals surface area contributed by atoms with Crippen LogP contribution in [0.1, 0.15) is 17.5 Å². The van der Waals surface area contributed by atoms with Crippen LogP contribution in [0.25, 0.3) is 11.4 Å². The van der Waals surface area contributed by atoms with E-state index in [-0.39, 0.29) is 42.5 Å². The van der Waals surface area contributed by atoms with Gasteiger partial charge in [-0.15, -0.1) is 24.8 Å². The molecule has 120 valence electrons. The largest absolute Gasteiger partial charge is 0.350 e. The van der Waals surface area contributed by atoms with Gasteiger partial charge in [-0.1, -0.05) is 11.2 Å². The first-order valence-corrected chi connectivity index (χ1v) is 6.65. The zero-order valence-corrected chi connectivity index (χ0v) is 13.7. The van der Waals surface area contributed by atoms with E-state index in [1.807, 2.05) is 25.1 Å². The van der Waals surface area contributed by atoms with Crippen molar-refractivity contribution in [2.75, 3.05) is 19.6 Å². The van der Waals surface area contributed by atoms with Crippen molar-refractivity contribution in [3.63, 3.8) is 0 Å². The number of carbonyl (C=O) groups is 1. The number of pyridine rings is 1. The molecule has 0 saturated carbocycles. The predicted octanol–water partition coefficient (Wildman–Crippen LogP) is 2.01. The van der Waals surface area contributed by atoms with E-state index in [4.69, 9.17) is 4.52 Å². The number of rotatable bonds is 2. The predicted molar refractivity (Wildman–Crippen MR) is 87.6 cm³/mol. The van der Waals surface area contributed by atoms with Crippen molar-refractivity contribution in [2.24, 2.45) is 0 Å². The van der Waals surface area contributed by atoms with Crippen molar-refractivity contribution in [3.8, 4) is 11.4 Å². The average molecular weight is 345 g/mol. The number of aromatic nitrogens is 2. The second kappa shape index (κ2) is 8.12. The van der Waals surface area contributed by atoms with Crippen LogP contribution in [0.5, 0.6) is 0 Å². The number of hydrogen-bond acceptors (Lipinski definition) is 5. The van der Waals surface area contributed by atoms with Gasteiger partial charge in [0, 0.05) is 37.9 Å². The fraction of sp³-hybridized carbons (Fsp3) is 0.357. The van der Waals surface area contributed by atoms with Gasteiger partial charge in [0.15, 0.2) is 0 Å². The molecule has 1 atom stereocenters. The molecule has 0 aromatic carbocycles. The molecule has 3 rings (SSSR count). The summed E-state index contributed by atoms with van der Waals surface area (Å²) >= 11 is 0. The molecule has 1 aliphatic rings. The second-order valence-corrected chi connectivity index (χ2v) is 4.84. The van der Waals surface area contributed by atoms with Crippen molar-refractivity contribution in [1.29, 1.82) is 0 Å². The van der Waals surface area contributed by atoms with E-state index < -0.39 is 0 Å². The van der Waals surface area contributed by atoms with Crippen molar-refractivity contribution >= 4 is 30.7 Å². The van der Waals surface area contributed by atoms with Crippen molar-refractivity contribution < 1.29 is 9.32 Å². The molecular formula is C14H18Cl2N4O2. The molecule has 1 fully saturated rings. The van der Waals surface area contributed by atoms with Crippen LogP contribution in [0.2, 0.25) is 0 Å². The summed E-state index contributed by atoms with van der Waals surface area (Å²) in [6.45, 7) is 4.30. The Morgan fingerprint density at radius 3 is 2.86 bits per heavy atom. The van der Waals surface area contributed by atoms with E-state index in [0.717, 1.165) is 13.1 Å². The fourth-order valence-corrected chi connectivity index (χ4v) is 2.30. The van der Waals surface area contributed by atoms with Crippen LogP contribution in [-0.4, -0.2) is 46.6 Å². The minimum absolute atomic E-state index is 0. The van der Waals surface area contributed by atoms with E-state index in [9.17, 15) is 4.79 Å². The first-order valence-electron chi connectivity index (χ1n) is 6.65. The summed E-state index contributed by atoms with van der Waals surface area (Å²) < 4.78 is 5.18. The third kappa shape index (κ3) is 3.76. The van der Waals surface area contributed by atoms with Gasteiger partial charge >= 0.3 is 0 Å². The average Bonchev–Trinajstić information content (AvgIpc) is 2.98. The van der Waals surface area contributed by atoms with Crippen LogP contribution in [-0.2, 0) is 0 Å². The van der Waals surface area contributed by atoms with Gasteiger partial charge in [0.1, 0.15) is 5.69 Å². The van der Waals surface area contributed by atoms with E-state index in [2.05, 4.69) is 15.5 Å². The number of halogens is 2. The first kappa shape index (κ1) is 18.4. The molecule has 1 aliphatic heterocycles. The van der Waals surface area contributed by atoms with Gasteiger partial charge in [-0.2, -0.15) is 0 Å². The zero-order chi connectivity index (χ0) is 13.9. The summed E-state index contributed by atoms with van der Waals surface area (Å²) in [5.41, 5.74) is 1.28. The first-order chi connectivity index (χ1) is 9.75. The number of piperazine rings is 1. The van der Waals surface area contributed by atoms with E-state index in [1.54, 1.807) is 17.2 Å². The Morgan fingerprint density at radius 1 is 1.36 bits per heavy atom. The molecule has 8 heteroatoms. The van der Waals surface area contributed by atoms with Crippen LogP contribution >= 0.6 is 24.8 Å². The van der Waals surface area contributed by atoms with Crippen molar-refractivity contribution in [1.82, 2.24) is 20.4 Å². The lowest BCUT2D eigenvalue weighted by molar-refractivity contribution is 0.0613.